The molecule has 1 aromatic carbocycles. The van der Waals surface area contributed by atoms with Gasteiger partial charge in [-0.05, 0) is 43.7 Å². The number of amides is 1. The maximum absolute atomic E-state index is 13.7. The monoisotopic (exact) mass is 340 g/mol. The maximum Gasteiger partial charge on any atom is 0.256 e. The molecule has 126 valence electrons. The summed E-state index contributed by atoms with van der Waals surface area (Å²) in [4.78, 5) is 14.0. The molecule has 3 rings (SSSR count). The fraction of sp³-hybridized carbons (Fsp3) is 0.562. The molecule has 0 spiro atoms. The van der Waals surface area contributed by atoms with Gasteiger partial charge in [0.05, 0.1) is 10.8 Å². The Morgan fingerprint density at radius 1 is 1.17 bits per heavy atom. The Morgan fingerprint density at radius 3 is 2.43 bits per heavy atom. The highest BCUT2D eigenvalue weighted by Gasteiger charge is 2.36. The number of nitrogens with zero attached hydrogens (tertiary/aromatic N) is 1. The summed E-state index contributed by atoms with van der Waals surface area (Å²) in [5.74, 6) is -0.565. The molecular weight excluding hydrogens is 319 g/mol. The molecule has 1 saturated carbocycles. The van der Waals surface area contributed by atoms with Crippen LogP contribution in [-0.2, 0) is 10.0 Å². The minimum Gasteiger partial charge on any atom is -0.339 e. The average molecular weight is 340 g/mol. The Bertz CT molecular complexity index is 680. The first-order valence-electron chi connectivity index (χ1n) is 7.99. The van der Waals surface area contributed by atoms with Crippen LogP contribution in [-0.4, -0.2) is 44.1 Å². The number of carbonyl (C=O) groups excluding carboxylic acids is 1. The molecule has 1 aliphatic carbocycles. The zero-order chi connectivity index (χ0) is 16.4. The van der Waals surface area contributed by atoms with Crippen LogP contribution in [0.5, 0.6) is 0 Å². The largest absolute Gasteiger partial charge is 0.339 e. The number of hydrogen-bond donors (Lipinski definition) is 1. The van der Waals surface area contributed by atoms with Crippen molar-refractivity contribution in [2.45, 2.75) is 30.9 Å². The number of halogens is 1. The van der Waals surface area contributed by atoms with E-state index in [-0.39, 0.29) is 22.6 Å². The third kappa shape index (κ3) is 3.90. The van der Waals surface area contributed by atoms with Crippen molar-refractivity contribution in [1.29, 1.82) is 0 Å². The molecule has 23 heavy (non-hydrogen) atoms. The molecule has 0 radical (unpaired) electrons. The molecule has 0 atom stereocenters. The smallest absolute Gasteiger partial charge is 0.256 e. The van der Waals surface area contributed by atoms with Gasteiger partial charge in [-0.15, -0.1) is 0 Å². The summed E-state index contributed by atoms with van der Waals surface area (Å²) in [6.45, 7) is 1.49. The third-order valence-electron chi connectivity index (χ3n) is 4.54. The van der Waals surface area contributed by atoms with Gasteiger partial charge < -0.3 is 4.90 Å². The lowest BCUT2D eigenvalue weighted by Crippen LogP contribution is -2.42. The standard InChI is InChI=1S/C16H21FN2O3S/c17-15-4-2-1-3-14(15)16(20)19-9-7-12(8-10-19)11-18-23(21,22)13-5-6-13/h1-4,12-13,18H,5-11H2. The van der Waals surface area contributed by atoms with Crippen molar-refractivity contribution in [1.82, 2.24) is 9.62 Å². The van der Waals surface area contributed by atoms with Gasteiger partial charge in [-0.1, -0.05) is 12.1 Å². The van der Waals surface area contributed by atoms with E-state index in [4.69, 9.17) is 0 Å². The summed E-state index contributed by atoms with van der Waals surface area (Å²) >= 11 is 0. The quantitative estimate of drug-likeness (QED) is 0.888. The number of piperidine rings is 1. The fourth-order valence-corrected chi connectivity index (χ4v) is 4.34. The van der Waals surface area contributed by atoms with E-state index in [9.17, 15) is 17.6 Å². The normalized spacial score (nSPS) is 19.8. The van der Waals surface area contributed by atoms with Crippen LogP contribution in [0.25, 0.3) is 0 Å². The Balaban J connectivity index is 1.50. The van der Waals surface area contributed by atoms with Gasteiger partial charge in [0.1, 0.15) is 5.82 Å². The molecule has 1 aromatic rings. The fourth-order valence-electron chi connectivity index (χ4n) is 2.88. The van der Waals surface area contributed by atoms with Crippen LogP contribution in [0.4, 0.5) is 4.39 Å². The summed E-state index contributed by atoms with van der Waals surface area (Å²) in [7, 11) is -3.15. The molecule has 7 heteroatoms. The van der Waals surface area contributed by atoms with Gasteiger partial charge in [0.15, 0.2) is 0 Å². The molecule has 1 saturated heterocycles. The first kappa shape index (κ1) is 16.4. The molecule has 1 aliphatic heterocycles. The van der Waals surface area contributed by atoms with Gasteiger partial charge >= 0.3 is 0 Å². The second-order valence-electron chi connectivity index (χ2n) is 6.31. The summed E-state index contributed by atoms with van der Waals surface area (Å²) in [5, 5.41) is -0.203. The first-order valence-corrected chi connectivity index (χ1v) is 9.54. The lowest BCUT2D eigenvalue weighted by atomic mass is 9.96. The highest BCUT2D eigenvalue weighted by Crippen LogP contribution is 2.28. The molecule has 1 amide bonds. The summed E-state index contributed by atoms with van der Waals surface area (Å²) in [6, 6.07) is 5.99. The van der Waals surface area contributed by atoms with Crippen LogP contribution >= 0.6 is 0 Å². The molecular formula is C16H21FN2O3S. The second-order valence-corrected chi connectivity index (χ2v) is 8.35. The highest BCUT2D eigenvalue weighted by molar-refractivity contribution is 7.90. The number of nitrogens with one attached hydrogen (secondary N) is 1. The average Bonchev–Trinajstić information content (AvgIpc) is 3.39. The Labute approximate surface area is 135 Å². The van der Waals surface area contributed by atoms with Crippen molar-refractivity contribution in [3.05, 3.63) is 35.6 Å². The lowest BCUT2D eigenvalue weighted by molar-refractivity contribution is 0.0687. The second kappa shape index (κ2) is 6.57. The summed E-state index contributed by atoms with van der Waals surface area (Å²) < 4.78 is 40.0. The highest BCUT2D eigenvalue weighted by atomic mass is 32.2. The van der Waals surface area contributed by atoms with E-state index < -0.39 is 15.8 Å². The third-order valence-corrected chi connectivity index (χ3v) is 6.46. The van der Waals surface area contributed by atoms with Crippen molar-refractivity contribution in [3.63, 3.8) is 0 Å². The molecule has 2 fully saturated rings. The molecule has 5 nitrogen and oxygen atoms in total. The van der Waals surface area contributed by atoms with Gasteiger partial charge in [-0.3, -0.25) is 4.79 Å². The first-order chi connectivity index (χ1) is 11.0. The molecule has 0 bridgehead atoms. The molecule has 1 heterocycles. The molecule has 0 aromatic heterocycles. The number of benzene rings is 1. The van der Waals surface area contributed by atoms with E-state index >= 15 is 0 Å². The van der Waals surface area contributed by atoms with Gasteiger partial charge in [-0.2, -0.15) is 0 Å². The van der Waals surface area contributed by atoms with E-state index in [1.165, 1.54) is 12.1 Å². The van der Waals surface area contributed by atoms with E-state index in [1.807, 2.05) is 0 Å². The van der Waals surface area contributed by atoms with Crippen molar-refractivity contribution in [3.8, 4) is 0 Å². The van der Waals surface area contributed by atoms with Crippen LogP contribution in [0.2, 0.25) is 0 Å². The van der Waals surface area contributed by atoms with E-state index in [1.54, 1.807) is 17.0 Å². The zero-order valence-electron chi connectivity index (χ0n) is 12.9. The Kier molecular flexibility index (Phi) is 4.68. The summed E-state index contributed by atoms with van der Waals surface area (Å²) in [6.07, 6.45) is 2.97. The van der Waals surface area contributed by atoms with Crippen molar-refractivity contribution in [2.24, 2.45) is 5.92 Å². The van der Waals surface area contributed by atoms with Crippen LogP contribution < -0.4 is 4.72 Å². The van der Waals surface area contributed by atoms with Gasteiger partial charge in [0, 0.05) is 19.6 Å². The zero-order valence-corrected chi connectivity index (χ0v) is 13.7. The predicted octanol–water partition coefficient (Wildman–Crippen LogP) is 1.76. The molecule has 2 aliphatic rings. The maximum atomic E-state index is 13.7. The van der Waals surface area contributed by atoms with E-state index in [0.717, 1.165) is 25.7 Å². The minimum atomic E-state index is -3.15. The van der Waals surface area contributed by atoms with Crippen LogP contribution in [0, 0.1) is 11.7 Å². The summed E-state index contributed by atoms with van der Waals surface area (Å²) in [5.41, 5.74) is 0.0976. The number of carbonyl (C=O) groups is 1. The number of rotatable bonds is 5. The van der Waals surface area contributed by atoms with Crippen molar-refractivity contribution in [2.75, 3.05) is 19.6 Å². The SMILES string of the molecule is O=C(c1ccccc1F)N1CCC(CNS(=O)(=O)C2CC2)CC1. The minimum absolute atomic E-state index is 0.0976. The van der Waals surface area contributed by atoms with Crippen LogP contribution in [0.3, 0.4) is 0 Å². The van der Waals surface area contributed by atoms with Gasteiger partial charge in [0.2, 0.25) is 10.0 Å². The lowest BCUT2D eigenvalue weighted by Gasteiger charge is -2.32. The van der Waals surface area contributed by atoms with E-state index in [2.05, 4.69) is 4.72 Å². The Morgan fingerprint density at radius 2 is 1.83 bits per heavy atom. The van der Waals surface area contributed by atoms with Crippen molar-refractivity contribution < 1.29 is 17.6 Å². The number of sulfonamides is 1. The predicted molar refractivity (Wildman–Crippen MR) is 85.0 cm³/mol. The number of likely N-dealkylation sites (tertiary alicyclic amines) is 1. The molecule has 0 unspecified atom stereocenters. The van der Waals surface area contributed by atoms with Crippen LogP contribution in [0.15, 0.2) is 24.3 Å². The van der Waals surface area contributed by atoms with Gasteiger partial charge in [-0.25, -0.2) is 17.5 Å². The van der Waals surface area contributed by atoms with Gasteiger partial charge in [0.25, 0.3) is 5.91 Å². The number of hydrogen-bond acceptors (Lipinski definition) is 3. The van der Waals surface area contributed by atoms with Crippen LogP contribution in [0.1, 0.15) is 36.0 Å². The Hall–Kier alpha value is -1.47. The van der Waals surface area contributed by atoms with E-state index in [0.29, 0.717) is 19.6 Å². The van der Waals surface area contributed by atoms with Crippen molar-refractivity contribution >= 4 is 15.9 Å². The molecule has 1 N–H and O–H groups in total. The topological polar surface area (TPSA) is 66.5 Å².